The number of rotatable bonds is 8. The summed E-state index contributed by atoms with van der Waals surface area (Å²) in [5.74, 6) is 0.861. The van der Waals surface area contributed by atoms with E-state index >= 15 is 0 Å². The number of guanidine groups is 1. The van der Waals surface area contributed by atoms with Gasteiger partial charge in [-0.3, -0.25) is 4.99 Å². The Morgan fingerprint density at radius 2 is 2.17 bits per heavy atom. The highest BCUT2D eigenvalue weighted by Crippen LogP contribution is 2.40. The van der Waals surface area contributed by atoms with Gasteiger partial charge in [0.25, 0.3) is 0 Å². The van der Waals surface area contributed by atoms with Crippen LogP contribution in [0.2, 0.25) is 0 Å². The fourth-order valence-corrected chi connectivity index (χ4v) is 3.96. The summed E-state index contributed by atoms with van der Waals surface area (Å²) in [6, 6.07) is 0. The van der Waals surface area contributed by atoms with Gasteiger partial charge in [-0.15, -0.1) is 11.3 Å². The smallest absolute Gasteiger partial charge is 0.191 e. The van der Waals surface area contributed by atoms with E-state index in [2.05, 4.69) is 32.9 Å². The van der Waals surface area contributed by atoms with Crippen LogP contribution in [0.25, 0.3) is 0 Å². The molecule has 0 unspecified atom stereocenters. The lowest BCUT2D eigenvalue weighted by Crippen LogP contribution is -2.43. The molecule has 2 rings (SSSR count). The molecule has 23 heavy (non-hydrogen) atoms. The number of nitrogens with one attached hydrogen (secondary N) is 2. The van der Waals surface area contributed by atoms with Gasteiger partial charge in [0, 0.05) is 32.7 Å². The molecule has 5 nitrogen and oxygen atoms in total. The number of aryl methyl sites for hydroxylation is 1. The van der Waals surface area contributed by atoms with Gasteiger partial charge in [-0.1, -0.05) is 19.8 Å². The molecule has 0 saturated heterocycles. The highest BCUT2D eigenvalue weighted by Gasteiger charge is 2.33. The number of aliphatic imine (C=N–C) groups is 1. The van der Waals surface area contributed by atoms with Gasteiger partial charge in [-0.25, -0.2) is 4.98 Å². The third-order valence-electron chi connectivity index (χ3n) is 4.69. The zero-order chi connectivity index (χ0) is 16.5. The highest BCUT2D eigenvalue weighted by molar-refractivity contribution is 7.09. The van der Waals surface area contributed by atoms with E-state index in [1.54, 1.807) is 18.4 Å². The van der Waals surface area contributed by atoms with Crippen LogP contribution >= 0.6 is 11.3 Å². The molecule has 2 N–H and O–H groups in total. The summed E-state index contributed by atoms with van der Waals surface area (Å²) in [6.07, 6.45) is 7.35. The lowest BCUT2D eigenvalue weighted by atomic mass is 9.83. The number of ether oxygens (including phenoxy) is 1. The van der Waals surface area contributed by atoms with Crippen LogP contribution in [0.4, 0.5) is 0 Å². The van der Waals surface area contributed by atoms with E-state index in [4.69, 9.17) is 4.74 Å². The number of hydrogen-bond acceptors (Lipinski definition) is 4. The first-order valence-electron chi connectivity index (χ1n) is 8.58. The third kappa shape index (κ3) is 5.46. The quantitative estimate of drug-likeness (QED) is 0.565. The number of methoxy groups -OCH3 is 1. The van der Waals surface area contributed by atoms with Crippen LogP contribution in [0.5, 0.6) is 0 Å². The van der Waals surface area contributed by atoms with Crippen molar-refractivity contribution in [3.63, 3.8) is 0 Å². The number of nitrogens with zero attached hydrogens (tertiary/aromatic N) is 2. The lowest BCUT2D eigenvalue weighted by molar-refractivity contribution is 0.138. The largest absolute Gasteiger partial charge is 0.385 e. The molecule has 0 bridgehead atoms. The number of thiazole rings is 1. The van der Waals surface area contributed by atoms with Crippen molar-refractivity contribution in [3.05, 3.63) is 16.1 Å². The van der Waals surface area contributed by atoms with Crippen LogP contribution in [0.1, 0.15) is 49.7 Å². The maximum atomic E-state index is 5.30. The predicted octanol–water partition coefficient (Wildman–Crippen LogP) is 2.97. The summed E-state index contributed by atoms with van der Waals surface area (Å²) in [5, 5.41) is 10.2. The third-order valence-corrected chi connectivity index (χ3v) is 5.74. The summed E-state index contributed by atoms with van der Waals surface area (Å²) in [5.41, 5.74) is 1.45. The van der Waals surface area contributed by atoms with E-state index in [1.807, 2.05) is 7.05 Å². The monoisotopic (exact) mass is 338 g/mol. The van der Waals surface area contributed by atoms with Gasteiger partial charge in [-0.05, 0) is 31.1 Å². The second-order valence-corrected chi connectivity index (χ2v) is 7.26. The van der Waals surface area contributed by atoms with Crippen molar-refractivity contribution in [2.75, 3.05) is 27.3 Å². The van der Waals surface area contributed by atoms with Gasteiger partial charge in [0.2, 0.25) is 0 Å². The van der Waals surface area contributed by atoms with E-state index in [9.17, 15) is 0 Å². The lowest BCUT2D eigenvalue weighted by Gasteiger charge is -2.29. The Labute approximate surface area is 144 Å². The zero-order valence-corrected chi connectivity index (χ0v) is 15.5. The molecule has 0 amide bonds. The van der Waals surface area contributed by atoms with Crippen LogP contribution in [-0.2, 0) is 17.7 Å². The van der Waals surface area contributed by atoms with Crippen molar-refractivity contribution in [2.45, 2.75) is 52.0 Å². The first-order valence-corrected chi connectivity index (χ1v) is 9.46. The molecule has 1 aliphatic rings. The zero-order valence-electron chi connectivity index (χ0n) is 14.7. The van der Waals surface area contributed by atoms with Crippen LogP contribution in [0, 0.1) is 5.41 Å². The van der Waals surface area contributed by atoms with E-state index in [0.717, 1.165) is 44.2 Å². The van der Waals surface area contributed by atoms with Gasteiger partial charge >= 0.3 is 0 Å². The van der Waals surface area contributed by atoms with Crippen LogP contribution in [0.15, 0.2) is 10.4 Å². The molecule has 0 spiro atoms. The molecule has 1 aliphatic carbocycles. The van der Waals surface area contributed by atoms with Crippen molar-refractivity contribution in [1.82, 2.24) is 15.6 Å². The Morgan fingerprint density at radius 1 is 1.39 bits per heavy atom. The Bertz CT molecular complexity index is 495. The van der Waals surface area contributed by atoms with Gasteiger partial charge in [0.15, 0.2) is 5.96 Å². The molecular formula is C17H30N4OS. The predicted molar refractivity (Wildman–Crippen MR) is 97.1 cm³/mol. The summed E-state index contributed by atoms with van der Waals surface area (Å²) in [4.78, 5) is 8.92. The molecule has 1 saturated carbocycles. The molecule has 1 aromatic rings. The Kier molecular flexibility index (Phi) is 7.30. The van der Waals surface area contributed by atoms with Crippen LogP contribution < -0.4 is 10.6 Å². The second-order valence-electron chi connectivity index (χ2n) is 6.32. The fourth-order valence-electron chi connectivity index (χ4n) is 3.22. The topological polar surface area (TPSA) is 58.5 Å². The fraction of sp³-hybridized carbons (Fsp3) is 0.765. The van der Waals surface area contributed by atoms with Crippen LogP contribution in [-0.4, -0.2) is 38.3 Å². The summed E-state index contributed by atoms with van der Waals surface area (Å²) in [7, 11) is 3.61. The molecule has 6 heteroatoms. The minimum Gasteiger partial charge on any atom is -0.385 e. The van der Waals surface area contributed by atoms with Crippen molar-refractivity contribution < 1.29 is 4.74 Å². The van der Waals surface area contributed by atoms with E-state index < -0.39 is 0 Å². The molecule has 1 heterocycles. The summed E-state index contributed by atoms with van der Waals surface area (Å²) in [6.45, 7) is 4.67. The van der Waals surface area contributed by atoms with Gasteiger partial charge < -0.3 is 15.4 Å². The SMILES string of the molecule is CCc1nc(CNC(=NC)NCC2(CCOC)CCCC2)cs1. The van der Waals surface area contributed by atoms with Gasteiger partial charge in [0.05, 0.1) is 17.2 Å². The molecule has 1 aromatic heterocycles. The normalized spacial score (nSPS) is 17.4. The summed E-state index contributed by atoms with van der Waals surface area (Å²) < 4.78 is 5.30. The second kappa shape index (κ2) is 9.23. The Hall–Kier alpha value is -1.14. The molecule has 0 radical (unpaired) electrons. The van der Waals surface area contributed by atoms with E-state index in [0.29, 0.717) is 5.41 Å². The van der Waals surface area contributed by atoms with E-state index in [-0.39, 0.29) is 0 Å². The Balaban J connectivity index is 1.81. The van der Waals surface area contributed by atoms with Crippen LogP contribution in [0.3, 0.4) is 0 Å². The molecular weight excluding hydrogens is 308 g/mol. The molecule has 130 valence electrons. The van der Waals surface area contributed by atoms with Crippen molar-refractivity contribution in [1.29, 1.82) is 0 Å². The minimum atomic E-state index is 0.365. The van der Waals surface area contributed by atoms with Gasteiger partial charge in [-0.2, -0.15) is 0 Å². The van der Waals surface area contributed by atoms with Crippen molar-refractivity contribution >= 4 is 17.3 Å². The summed E-state index contributed by atoms with van der Waals surface area (Å²) >= 11 is 1.73. The average Bonchev–Trinajstić information content (AvgIpc) is 3.23. The molecule has 0 aromatic carbocycles. The maximum absolute atomic E-state index is 5.30. The molecule has 0 atom stereocenters. The molecule has 0 aliphatic heterocycles. The van der Waals surface area contributed by atoms with E-state index in [1.165, 1.54) is 30.7 Å². The highest BCUT2D eigenvalue weighted by atomic mass is 32.1. The first-order chi connectivity index (χ1) is 11.2. The molecule has 1 fully saturated rings. The Morgan fingerprint density at radius 3 is 2.78 bits per heavy atom. The number of aromatic nitrogens is 1. The average molecular weight is 339 g/mol. The number of hydrogen-bond donors (Lipinski definition) is 2. The van der Waals surface area contributed by atoms with Crippen molar-refractivity contribution in [2.24, 2.45) is 10.4 Å². The maximum Gasteiger partial charge on any atom is 0.191 e. The van der Waals surface area contributed by atoms with Crippen molar-refractivity contribution in [3.8, 4) is 0 Å². The van der Waals surface area contributed by atoms with Gasteiger partial charge in [0.1, 0.15) is 0 Å². The standard InChI is InChI=1S/C17H30N4OS/c1-4-15-21-14(12-23-15)11-19-16(18-2)20-13-17(9-10-22-3)7-5-6-8-17/h12H,4-11,13H2,1-3H3,(H2,18,19,20). The minimum absolute atomic E-state index is 0.365. The first kappa shape index (κ1) is 18.2.